The molecule has 1 saturated carbocycles. The minimum atomic E-state index is -0.298. The summed E-state index contributed by atoms with van der Waals surface area (Å²) in [6.45, 7) is 4.44. The highest BCUT2D eigenvalue weighted by Crippen LogP contribution is 2.26. The molecule has 0 aliphatic heterocycles. The molecule has 0 radical (unpaired) electrons. The van der Waals surface area contributed by atoms with Crippen LogP contribution in [0.4, 0.5) is 0 Å². The van der Waals surface area contributed by atoms with Crippen LogP contribution in [0.5, 0.6) is 5.75 Å². The smallest absolute Gasteiger partial charge is 0.124 e. The predicted molar refractivity (Wildman–Crippen MR) is 74.0 cm³/mol. The normalized spacial score (nSPS) is 25.7. The summed E-state index contributed by atoms with van der Waals surface area (Å²) < 4.78 is 5.89. The quantitative estimate of drug-likeness (QED) is 0.876. The van der Waals surface area contributed by atoms with Crippen LogP contribution in [0.2, 0.25) is 0 Å². The standard InChI is InChI=1S/C16H24O2/c1-3-12(2)13-8-10-14(11-9-13)18-16-7-5-4-6-15(16)17/h8-12,15-17H,3-7H2,1-2H3/t12?,15-,16-/m0/s1. The van der Waals surface area contributed by atoms with Gasteiger partial charge in [0.25, 0.3) is 0 Å². The van der Waals surface area contributed by atoms with Crippen LogP contribution in [-0.2, 0) is 0 Å². The Bertz CT molecular complexity index is 358. The molecule has 0 heterocycles. The van der Waals surface area contributed by atoms with Gasteiger partial charge in [-0.2, -0.15) is 0 Å². The van der Waals surface area contributed by atoms with Crippen LogP contribution in [0, 0.1) is 0 Å². The van der Waals surface area contributed by atoms with Crippen LogP contribution in [0.25, 0.3) is 0 Å². The van der Waals surface area contributed by atoms with Gasteiger partial charge in [0.15, 0.2) is 0 Å². The molecular weight excluding hydrogens is 224 g/mol. The molecule has 0 bridgehead atoms. The SMILES string of the molecule is CCC(C)c1ccc(O[C@H]2CCCC[C@@H]2O)cc1. The molecule has 0 spiro atoms. The van der Waals surface area contributed by atoms with Crippen LogP contribution in [0.3, 0.4) is 0 Å². The molecule has 0 aromatic heterocycles. The average Bonchev–Trinajstić information content (AvgIpc) is 2.41. The van der Waals surface area contributed by atoms with Gasteiger partial charge < -0.3 is 9.84 Å². The van der Waals surface area contributed by atoms with Crippen molar-refractivity contribution in [2.24, 2.45) is 0 Å². The zero-order chi connectivity index (χ0) is 13.0. The maximum absolute atomic E-state index is 9.89. The molecule has 1 aromatic rings. The zero-order valence-corrected chi connectivity index (χ0v) is 11.4. The Kier molecular flexibility index (Phi) is 4.65. The fourth-order valence-electron chi connectivity index (χ4n) is 2.50. The lowest BCUT2D eigenvalue weighted by molar-refractivity contribution is 0.00686. The van der Waals surface area contributed by atoms with Crippen molar-refractivity contribution in [3.63, 3.8) is 0 Å². The van der Waals surface area contributed by atoms with Gasteiger partial charge in [0.1, 0.15) is 11.9 Å². The first kappa shape index (κ1) is 13.4. The van der Waals surface area contributed by atoms with Gasteiger partial charge in [-0.05, 0) is 49.3 Å². The Labute approximate surface area is 110 Å². The van der Waals surface area contributed by atoms with E-state index in [4.69, 9.17) is 4.74 Å². The van der Waals surface area contributed by atoms with E-state index < -0.39 is 0 Å². The third-order valence-electron chi connectivity index (χ3n) is 4.02. The van der Waals surface area contributed by atoms with Crippen molar-refractivity contribution in [3.05, 3.63) is 29.8 Å². The number of aliphatic hydroxyl groups is 1. The predicted octanol–water partition coefficient (Wildman–Crippen LogP) is 3.88. The summed E-state index contributed by atoms with van der Waals surface area (Å²) in [6.07, 6.45) is 4.95. The summed E-state index contributed by atoms with van der Waals surface area (Å²) >= 11 is 0. The number of aliphatic hydroxyl groups excluding tert-OH is 1. The summed E-state index contributed by atoms with van der Waals surface area (Å²) in [7, 11) is 0. The fraction of sp³-hybridized carbons (Fsp3) is 0.625. The topological polar surface area (TPSA) is 29.5 Å². The minimum absolute atomic E-state index is 0.0202. The highest BCUT2D eigenvalue weighted by Gasteiger charge is 2.24. The van der Waals surface area contributed by atoms with Crippen molar-refractivity contribution >= 4 is 0 Å². The summed E-state index contributed by atoms with van der Waals surface area (Å²) in [5.74, 6) is 1.48. The Hall–Kier alpha value is -1.02. The summed E-state index contributed by atoms with van der Waals surface area (Å²) in [5, 5.41) is 9.89. The molecule has 18 heavy (non-hydrogen) atoms. The van der Waals surface area contributed by atoms with E-state index in [0.717, 1.165) is 37.9 Å². The lowest BCUT2D eigenvalue weighted by Crippen LogP contribution is -2.34. The van der Waals surface area contributed by atoms with Gasteiger partial charge in [-0.1, -0.05) is 32.4 Å². The third kappa shape index (κ3) is 3.26. The first-order valence-corrected chi connectivity index (χ1v) is 7.15. The Morgan fingerprint density at radius 1 is 1.22 bits per heavy atom. The highest BCUT2D eigenvalue weighted by atomic mass is 16.5. The van der Waals surface area contributed by atoms with Crippen molar-refractivity contribution < 1.29 is 9.84 Å². The van der Waals surface area contributed by atoms with Crippen molar-refractivity contribution in [2.75, 3.05) is 0 Å². The van der Waals surface area contributed by atoms with Gasteiger partial charge in [0.05, 0.1) is 6.10 Å². The van der Waals surface area contributed by atoms with Crippen LogP contribution in [-0.4, -0.2) is 17.3 Å². The maximum Gasteiger partial charge on any atom is 0.124 e. The van der Waals surface area contributed by atoms with Crippen LogP contribution in [0.15, 0.2) is 24.3 Å². The molecule has 2 rings (SSSR count). The number of rotatable bonds is 4. The van der Waals surface area contributed by atoms with E-state index in [1.807, 2.05) is 12.1 Å². The molecule has 2 heteroatoms. The second kappa shape index (κ2) is 6.24. The van der Waals surface area contributed by atoms with E-state index in [2.05, 4.69) is 26.0 Å². The molecular formula is C16H24O2. The lowest BCUT2D eigenvalue weighted by Gasteiger charge is -2.28. The second-order valence-electron chi connectivity index (χ2n) is 5.39. The Morgan fingerprint density at radius 3 is 2.50 bits per heavy atom. The largest absolute Gasteiger partial charge is 0.488 e. The molecule has 1 aliphatic carbocycles. The van der Waals surface area contributed by atoms with Gasteiger partial charge in [-0.15, -0.1) is 0 Å². The number of hydrogen-bond acceptors (Lipinski definition) is 2. The van der Waals surface area contributed by atoms with Crippen molar-refractivity contribution in [2.45, 2.75) is 64.1 Å². The molecule has 2 nitrogen and oxygen atoms in total. The van der Waals surface area contributed by atoms with E-state index in [-0.39, 0.29) is 12.2 Å². The second-order valence-corrected chi connectivity index (χ2v) is 5.39. The molecule has 1 aromatic carbocycles. The van der Waals surface area contributed by atoms with Crippen molar-refractivity contribution in [1.82, 2.24) is 0 Å². The van der Waals surface area contributed by atoms with E-state index in [1.54, 1.807) is 0 Å². The van der Waals surface area contributed by atoms with Crippen LogP contribution in [0.1, 0.15) is 57.4 Å². The maximum atomic E-state index is 9.89. The molecule has 1 N–H and O–H groups in total. The average molecular weight is 248 g/mol. The van der Waals surface area contributed by atoms with E-state index in [9.17, 15) is 5.11 Å². The van der Waals surface area contributed by atoms with E-state index in [0.29, 0.717) is 5.92 Å². The van der Waals surface area contributed by atoms with Crippen molar-refractivity contribution in [3.8, 4) is 5.75 Å². The number of ether oxygens (including phenoxy) is 1. The Balaban J connectivity index is 1.97. The lowest BCUT2D eigenvalue weighted by atomic mass is 9.94. The number of hydrogen-bond donors (Lipinski definition) is 1. The molecule has 1 fully saturated rings. The molecule has 100 valence electrons. The van der Waals surface area contributed by atoms with Gasteiger partial charge in [-0.3, -0.25) is 0 Å². The Morgan fingerprint density at radius 2 is 1.89 bits per heavy atom. The van der Waals surface area contributed by atoms with Crippen molar-refractivity contribution in [1.29, 1.82) is 0 Å². The first-order valence-electron chi connectivity index (χ1n) is 7.15. The molecule has 0 amide bonds. The molecule has 0 saturated heterocycles. The minimum Gasteiger partial charge on any atom is -0.488 e. The van der Waals surface area contributed by atoms with E-state index >= 15 is 0 Å². The van der Waals surface area contributed by atoms with Gasteiger partial charge in [-0.25, -0.2) is 0 Å². The van der Waals surface area contributed by atoms with Gasteiger partial charge in [0, 0.05) is 0 Å². The summed E-state index contributed by atoms with van der Waals surface area (Å²) in [5.41, 5.74) is 1.36. The van der Waals surface area contributed by atoms with Crippen LogP contribution >= 0.6 is 0 Å². The molecule has 1 unspecified atom stereocenters. The molecule has 1 aliphatic rings. The van der Waals surface area contributed by atoms with E-state index in [1.165, 1.54) is 5.56 Å². The fourth-order valence-corrected chi connectivity index (χ4v) is 2.50. The summed E-state index contributed by atoms with van der Waals surface area (Å²) in [4.78, 5) is 0. The monoisotopic (exact) mass is 248 g/mol. The van der Waals surface area contributed by atoms with Gasteiger partial charge in [0.2, 0.25) is 0 Å². The first-order chi connectivity index (χ1) is 8.70. The van der Waals surface area contributed by atoms with Crippen LogP contribution < -0.4 is 4.74 Å². The third-order valence-corrected chi connectivity index (χ3v) is 4.02. The van der Waals surface area contributed by atoms with Gasteiger partial charge >= 0.3 is 0 Å². The number of benzene rings is 1. The highest BCUT2D eigenvalue weighted by molar-refractivity contribution is 5.29. The summed E-state index contributed by atoms with van der Waals surface area (Å²) in [6, 6.07) is 8.34. The zero-order valence-electron chi connectivity index (χ0n) is 11.4. The molecule has 3 atom stereocenters.